The molecule has 3 amide bonds. The molecule has 2 aromatic carbocycles. The van der Waals surface area contributed by atoms with Crippen molar-refractivity contribution in [2.24, 2.45) is 11.8 Å². The molecule has 218 valence electrons. The number of amides is 3. The van der Waals surface area contributed by atoms with Crippen molar-refractivity contribution in [3.05, 3.63) is 90.0 Å². The first kappa shape index (κ1) is 30.5. The molecule has 3 aliphatic rings. The Bertz CT molecular complexity index is 1620. The van der Waals surface area contributed by atoms with Gasteiger partial charge in [0, 0.05) is 35.4 Å². The highest BCUT2D eigenvalue weighted by Crippen LogP contribution is 2.77. The van der Waals surface area contributed by atoms with E-state index in [0.29, 0.717) is 10.0 Å². The predicted octanol–water partition coefficient (Wildman–Crippen LogP) is 5.19. The molecule has 2 aromatic rings. The smallest absolute Gasteiger partial charge is 0.273 e. The zero-order valence-electron chi connectivity index (χ0n) is 20.3. The number of alkyl halides is 4. The molecule has 2 bridgehead atoms. The summed E-state index contributed by atoms with van der Waals surface area (Å²) in [6.07, 6.45) is 0. The number of halogens is 6. The van der Waals surface area contributed by atoms with Crippen molar-refractivity contribution >= 4 is 104 Å². The fraction of sp³-hybridized carbons (Fsp3) is 0.250. The number of allylic oxidation sites excluding steroid dienone is 2. The van der Waals surface area contributed by atoms with E-state index >= 15 is 0 Å². The molecule has 0 spiro atoms. The Hall–Kier alpha value is -3.00. The van der Waals surface area contributed by atoms with Crippen LogP contribution < -0.4 is 0 Å². The fourth-order valence-corrected chi connectivity index (χ4v) is 8.28. The summed E-state index contributed by atoms with van der Waals surface area (Å²) in [6.45, 7) is -0.986. The Kier molecular flexibility index (Phi) is 7.28. The third kappa shape index (κ3) is 3.89. The summed E-state index contributed by atoms with van der Waals surface area (Å²) in [7, 11) is 0. The largest absolute Gasteiger partial charge is 0.292 e. The zero-order chi connectivity index (χ0) is 31.1. The van der Waals surface area contributed by atoms with Gasteiger partial charge in [-0.3, -0.25) is 39.4 Å². The monoisotopic (exact) mass is 694 g/mol. The maximum Gasteiger partial charge on any atom is 0.273 e. The first-order valence-corrected chi connectivity index (χ1v) is 13.8. The second-order valence-electron chi connectivity index (χ2n) is 9.47. The lowest BCUT2D eigenvalue weighted by Gasteiger charge is -2.36. The second-order valence-corrected chi connectivity index (χ2v) is 12.7. The first-order chi connectivity index (χ1) is 19.5. The molecular weight excluding hydrogens is 685 g/mol. The molecule has 0 N–H and O–H groups in total. The summed E-state index contributed by atoms with van der Waals surface area (Å²) in [5, 5.41) is 22.4. The van der Waals surface area contributed by atoms with Crippen LogP contribution in [-0.2, 0) is 9.59 Å². The van der Waals surface area contributed by atoms with Crippen LogP contribution in [0.15, 0.2) is 58.6 Å². The van der Waals surface area contributed by atoms with E-state index < -0.39 is 71.5 Å². The zero-order valence-corrected chi connectivity index (χ0v) is 24.8. The number of carbonyl (C=O) groups excluding carboxylic acids is 4. The van der Waals surface area contributed by atoms with E-state index in [1.807, 2.05) is 0 Å². The van der Waals surface area contributed by atoms with Crippen LogP contribution in [0.4, 0.5) is 11.4 Å². The third-order valence-corrected chi connectivity index (χ3v) is 11.6. The van der Waals surface area contributed by atoms with Crippen molar-refractivity contribution < 1.29 is 29.0 Å². The lowest BCUT2D eigenvalue weighted by molar-refractivity contribution is -0.385. The van der Waals surface area contributed by atoms with Crippen LogP contribution in [0.1, 0.15) is 20.7 Å². The van der Waals surface area contributed by atoms with Crippen LogP contribution in [-0.4, -0.2) is 64.0 Å². The molecule has 42 heavy (non-hydrogen) atoms. The summed E-state index contributed by atoms with van der Waals surface area (Å²) in [4.78, 5) is 71.3. The number of rotatable bonds is 7. The van der Waals surface area contributed by atoms with E-state index in [-0.39, 0.29) is 26.9 Å². The van der Waals surface area contributed by atoms with Crippen LogP contribution in [0.25, 0.3) is 0 Å². The molecule has 2 aliphatic carbocycles. The Morgan fingerprint density at radius 3 is 1.79 bits per heavy atom. The summed E-state index contributed by atoms with van der Waals surface area (Å²) in [5.74, 6) is -7.56. The quantitative estimate of drug-likeness (QED) is 0.126. The van der Waals surface area contributed by atoms with Gasteiger partial charge >= 0.3 is 0 Å². The van der Waals surface area contributed by atoms with Gasteiger partial charge in [0.2, 0.25) is 0 Å². The van der Waals surface area contributed by atoms with E-state index in [1.54, 1.807) is 0 Å². The van der Waals surface area contributed by atoms with E-state index in [9.17, 15) is 39.4 Å². The third-order valence-electron chi connectivity index (χ3n) is 7.36. The molecule has 4 atom stereocenters. The number of hydrogen-bond donors (Lipinski definition) is 0. The van der Waals surface area contributed by atoms with Crippen LogP contribution >= 0.6 is 69.6 Å². The number of hydrogen-bond acceptors (Lipinski definition) is 8. The van der Waals surface area contributed by atoms with Gasteiger partial charge in [0.1, 0.15) is 16.3 Å². The molecule has 12 nitrogen and oxygen atoms in total. The van der Waals surface area contributed by atoms with Crippen molar-refractivity contribution in [1.29, 1.82) is 0 Å². The van der Waals surface area contributed by atoms with Gasteiger partial charge in [-0.1, -0.05) is 58.5 Å². The van der Waals surface area contributed by atoms with Crippen LogP contribution in [0.3, 0.4) is 0 Å². The molecule has 1 aliphatic heterocycles. The van der Waals surface area contributed by atoms with E-state index in [4.69, 9.17) is 69.6 Å². The number of benzene rings is 2. The topological polar surface area (TPSA) is 161 Å². The normalized spacial score (nSPS) is 27.3. The maximum atomic E-state index is 13.9. The SMILES string of the molecule is O=C(CN(C(=O)c1ccc([N+](=O)[O-])cc1)N1C(=O)[C@@H]2[C@H](C1=O)[C@@]1(Cl)C(Cl)=C(Cl)[C@@]2(Cl)C1(Cl)Cl)c1cccc([N+](=O)[O-])c1. The van der Waals surface area contributed by atoms with Crippen LogP contribution in [0.5, 0.6) is 0 Å². The first-order valence-electron chi connectivity index (χ1n) is 11.5. The molecule has 1 heterocycles. The molecule has 0 aromatic heterocycles. The van der Waals surface area contributed by atoms with Crippen LogP contribution in [0, 0.1) is 32.1 Å². The molecular formula is C24H12Cl6N4O8. The summed E-state index contributed by atoms with van der Waals surface area (Å²) < 4.78 is -2.25. The van der Waals surface area contributed by atoms with Gasteiger partial charge in [0.25, 0.3) is 29.1 Å². The number of nitrogens with zero attached hydrogens (tertiary/aromatic N) is 4. The highest BCUT2D eigenvalue weighted by atomic mass is 35.5. The number of Topliss-reactive ketones (excluding diaryl/α,β-unsaturated/α-hetero) is 1. The lowest BCUT2D eigenvalue weighted by Crippen LogP contribution is -2.56. The van der Waals surface area contributed by atoms with E-state index in [1.165, 1.54) is 12.1 Å². The molecule has 2 fully saturated rings. The van der Waals surface area contributed by atoms with Crippen LogP contribution in [0.2, 0.25) is 0 Å². The van der Waals surface area contributed by atoms with E-state index in [2.05, 4.69) is 0 Å². The average Bonchev–Trinajstić information content (AvgIpc) is 3.34. The minimum Gasteiger partial charge on any atom is -0.292 e. The number of carbonyl (C=O) groups is 4. The van der Waals surface area contributed by atoms with Crippen molar-refractivity contribution in [1.82, 2.24) is 10.0 Å². The second kappa shape index (κ2) is 10.0. The number of fused-ring (bicyclic) bond motifs is 5. The highest BCUT2D eigenvalue weighted by molar-refractivity contribution is 6.66. The molecule has 0 unspecified atom stereocenters. The Labute approximate surface area is 264 Å². The standard InChI is InChI=1S/C24H12Cl6N4O8/c25-17-18(26)23(28)16-15(22(17,27)24(23,29)30)20(37)32(21(16)38)31(19(36)10-4-6-12(7-5-10)33(39)40)9-14(35)11-2-1-3-13(8-11)34(41)42/h1-8,15-16H,9H2/t15-,16+,22-,23-/m1/s1. The molecule has 18 heteroatoms. The molecule has 0 radical (unpaired) electrons. The molecule has 5 rings (SSSR count). The van der Waals surface area contributed by atoms with Crippen molar-refractivity contribution in [2.75, 3.05) is 6.54 Å². The molecule has 1 saturated carbocycles. The van der Waals surface area contributed by atoms with Gasteiger partial charge in [0.15, 0.2) is 10.1 Å². The Balaban J connectivity index is 1.59. The maximum absolute atomic E-state index is 13.9. The number of nitro groups is 2. The average molecular weight is 697 g/mol. The minimum atomic E-state index is -2.25. The van der Waals surface area contributed by atoms with Gasteiger partial charge in [-0.05, 0) is 12.1 Å². The summed E-state index contributed by atoms with van der Waals surface area (Å²) >= 11 is 39.1. The van der Waals surface area contributed by atoms with Crippen molar-refractivity contribution in [2.45, 2.75) is 14.1 Å². The Morgan fingerprint density at radius 2 is 1.31 bits per heavy atom. The Morgan fingerprint density at radius 1 is 0.810 bits per heavy atom. The van der Waals surface area contributed by atoms with E-state index in [0.717, 1.165) is 36.4 Å². The number of ketones is 1. The van der Waals surface area contributed by atoms with Crippen molar-refractivity contribution in [3.8, 4) is 0 Å². The van der Waals surface area contributed by atoms with Gasteiger partial charge in [0.05, 0.1) is 31.7 Å². The minimum absolute atomic E-state index is 0.221. The van der Waals surface area contributed by atoms with Gasteiger partial charge in [-0.15, -0.1) is 23.2 Å². The van der Waals surface area contributed by atoms with Gasteiger partial charge in [-0.2, -0.15) is 5.01 Å². The number of hydrazine groups is 1. The fourth-order valence-electron chi connectivity index (χ4n) is 5.35. The lowest BCUT2D eigenvalue weighted by atomic mass is 9.84. The number of imide groups is 1. The summed E-state index contributed by atoms with van der Waals surface area (Å²) in [6, 6.07) is 8.62. The highest BCUT2D eigenvalue weighted by Gasteiger charge is 2.88. The van der Waals surface area contributed by atoms with Gasteiger partial charge < -0.3 is 0 Å². The number of nitro benzene ring substituents is 2. The predicted molar refractivity (Wildman–Crippen MR) is 151 cm³/mol. The number of non-ortho nitro benzene ring substituents is 2. The molecule has 1 saturated heterocycles. The van der Waals surface area contributed by atoms with Crippen molar-refractivity contribution in [3.63, 3.8) is 0 Å². The summed E-state index contributed by atoms with van der Waals surface area (Å²) in [5.41, 5.74) is -1.28. The van der Waals surface area contributed by atoms with Gasteiger partial charge in [-0.25, -0.2) is 5.01 Å².